The SMILES string of the molecule is CSc1ccc(/C=[N+](\[O-])C(C)(C)C)cc1. The molecule has 82 valence electrons. The summed E-state index contributed by atoms with van der Waals surface area (Å²) >= 11 is 1.70. The van der Waals surface area contributed by atoms with Gasteiger partial charge in [-0.2, -0.15) is 0 Å². The van der Waals surface area contributed by atoms with Gasteiger partial charge in [0.2, 0.25) is 0 Å². The zero-order valence-corrected chi connectivity index (χ0v) is 10.5. The first-order chi connectivity index (χ1) is 6.93. The zero-order valence-electron chi connectivity index (χ0n) is 9.65. The van der Waals surface area contributed by atoms with E-state index in [4.69, 9.17) is 0 Å². The average molecular weight is 223 g/mol. The lowest BCUT2D eigenvalue weighted by atomic mass is 10.1. The smallest absolute Gasteiger partial charge is 0.182 e. The Bertz CT molecular complexity index is 349. The van der Waals surface area contributed by atoms with E-state index in [1.165, 1.54) is 4.90 Å². The van der Waals surface area contributed by atoms with Crippen LogP contribution in [-0.4, -0.2) is 22.7 Å². The molecule has 1 aromatic rings. The molecule has 0 aliphatic heterocycles. The quantitative estimate of drug-likeness (QED) is 0.253. The Balaban J connectivity index is 2.89. The number of benzene rings is 1. The molecule has 0 aromatic heterocycles. The highest BCUT2D eigenvalue weighted by Crippen LogP contribution is 2.14. The summed E-state index contributed by atoms with van der Waals surface area (Å²) < 4.78 is 0.987. The van der Waals surface area contributed by atoms with Crippen molar-refractivity contribution in [2.24, 2.45) is 0 Å². The van der Waals surface area contributed by atoms with Gasteiger partial charge in [-0.3, -0.25) is 0 Å². The maximum Gasteiger partial charge on any atom is 0.182 e. The van der Waals surface area contributed by atoms with Crippen molar-refractivity contribution in [3.05, 3.63) is 35.0 Å². The van der Waals surface area contributed by atoms with E-state index >= 15 is 0 Å². The normalized spacial score (nSPS) is 12.9. The predicted octanol–water partition coefficient (Wildman–Crippen LogP) is 3.14. The minimum atomic E-state index is -0.377. The molecule has 0 bridgehead atoms. The molecule has 1 aromatic carbocycles. The summed E-state index contributed by atoms with van der Waals surface area (Å²) in [6.07, 6.45) is 3.66. The highest BCUT2D eigenvalue weighted by atomic mass is 32.2. The molecule has 0 radical (unpaired) electrons. The molecular formula is C12H17NOS. The van der Waals surface area contributed by atoms with Gasteiger partial charge in [0.05, 0.1) is 0 Å². The number of rotatable bonds is 2. The molecular weight excluding hydrogens is 206 g/mol. The Hall–Kier alpha value is -0.960. The van der Waals surface area contributed by atoms with Crippen LogP contribution in [-0.2, 0) is 0 Å². The van der Waals surface area contributed by atoms with Crippen LogP contribution in [0.5, 0.6) is 0 Å². The predicted molar refractivity (Wildman–Crippen MR) is 66.8 cm³/mol. The van der Waals surface area contributed by atoms with Crippen LogP contribution in [0.4, 0.5) is 0 Å². The molecule has 0 aliphatic carbocycles. The zero-order chi connectivity index (χ0) is 11.5. The standard InChI is InChI=1S/C12H17NOS/c1-12(2,3)13(14)9-10-5-7-11(15-4)8-6-10/h5-9H,1-4H3/b13-9-. The van der Waals surface area contributed by atoms with Crippen molar-refractivity contribution >= 4 is 18.0 Å². The van der Waals surface area contributed by atoms with Gasteiger partial charge >= 0.3 is 0 Å². The number of thioether (sulfide) groups is 1. The minimum Gasteiger partial charge on any atom is -0.623 e. The number of nitrogens with zero attached hydrogens (tertiary/aromatic N) is 1. The van der Waals surface area contributed by atoms with Crippen LogP contribution in [0, 0.1) is 5.21 Å². The van der Waals surface area contributed by atoms with Crippen molar-refractivity contribution in [2.45, 2.75) is 31.2 Å². The van der Waals surface area contributed by atoms with E-state index in [1.807, 2.05) is 51.3 Å². The number of hydrogen-bond acceptors (Lipinski definition) is 2. The fraction of sp³-hybridized carbons (Fsp3) is 0.417. The Kier molecular flexibility index (Phi) is 3.80. The largest absolute Gasteiger partial charge is 0.623 e. The maximum atomic E-state index is 11.6. The Morgan fingerprint density at radius 1 is 1.20 bits per heavy atom. The molecule has 3 heteroatoms. The lowest BCUT2D eigenvalue weighted by Crippen LogP contribution is -2.29. The van der Waals surface area contributed by atoms with E-state index in [-0.39, 0.29) is 5.54 Å². The monoisotopic (exact) mass is 223 g/mol. The summed E-state index contributed by atoms with van der Waals surface area (Å²) in [5.41, 5.74) is 0.566. The van der Waals surface area contributed by atoms with Gasteiger partial charge in [0.1, 0.15) is 0 Å². The molecule has 0 spiro atoms. The van der Waals surface area contributed by atoms with Gasteiger partial charge in [-0.1, -0.05) is 0 Å². The van der Waals surface area contributed by atoms with Crippen LogP contribution >= 0.6 is 11.8 Å². The van der Waals surface area contributed by atoms with Crippen LogP contribution in [0.3, 0.4) is 0 Å². The highest BCUT2D eigenvalue weighted by Gasteiger charge is 2.17. The summed E-state index contributed by atoms with van der Waals surface area (Å²) in [6.45, 7) is 5.69. The third-order valence-electron chi connectivity index (χ3n) is 2.04. The van der Waals surface area contributed by atoms with Crippen molar-refractivity contribution < 1.29 is 4.74 Å². The molecule has 0 atom stereocenters. The van der Waals surface area contributed by atoms with E-state index in [0.717, 1.165) is 10.3 Å². The Labute approximate surface area is 95.6 Å². The molecule has 0 N–H and O–H groups in total. The van der Waals surface area contributed by atoms with Crippen molar-refractivity contribution in [3.8, 4) is 0 Å². The second-order valence-corrected chi connectivity index (χ2v) is 5.28. The molecule has 0 heterocycles. The second kappa shape index (κ2) is 4.71. The van der Waals surface area contributed by atoms with Crippen LogP contribution in [0.15, 0.2) is 29.2 Å². The Morgan fingerprint density at radius 2 is 1.73 bits per heavy atom. The third kappa shape index (κ3) is 3.59. The van der Waals surface area contributed by atoms with Gasteiger partial charge in [0.15, 0.2) is 11.8 Å². The van der Waals surface area contributed by atoms with E-state index in [0.29, 0.717) is 0 Å². The number of hydrogen-bond donors (Lipinski definition) is 0. The molecule has 0 saturated heterocycles. The molecule has 1 rings (SSSR count). The summed E-state index contributed by atoms with van der Waals surface area (Å²) in [5.74, 6) is 0. The van der Waals surface area contributed by atoms with Gasteiger partial charge in [-0.05, 0) is 30.5 Å². The average Bonchev–Trinajstić information content (AvgIpc) is 2.17. The minimum absolute atomic E-state index is 0.377. The van der Waals surface area contributed by atoms with Crippen molar-refractivity contribution in [1.29, 1.82) is 0 Å². The molecule has 15 heavy (non-hydrogen) atoms. The molecule has 0 fully saturated rings. The van der Waals surface area contributed by atoms with E-state index < -0.39 is 0 Å². The Morgan fingerprint density at radius 3 is 2.13 bits per heavy atom. The van der Waals surface area contributed by atoms with Crippen molar-refractivity contribution in [2.75, 3.05) is 6.26 Å². The van der Waals surface area contributed by atoms with Gasteiger partial charge < -0.3 is 5.21 Å². The maximum absolute atomic E-state index is 11.6. The van der Waals surface area contributed by atoms with E-state index in [9.17, 15) is 5.21 Å². The summed E-state index contributed by atoms with van der Waals surface area (Å²) in [7, 11) is 0. The summed E-state index contributed by atoms with van der Waals surface area (Å²) in [6, 6.07) is 7.96. The van der Waals surface area contributed by atoms with Crippen LogP contribution < -0.4 is 0 Å². The second-order valence-electron chi connectivity index (χ2n) is 4.40. The molecule has 2 nitrogen and oxygen atoms in total. The van der Waals surface area contributed by atoms with Crippen LogP contribution in [0.1, 0.15) is 26.3 Å². The third-order valence-corrected chi connectivity index (χ3v) is 2.79. The fourth-order valence-corrected chi connectivity index (χ4v) is 1.43. The lowest BCUT2D eigenvalue weighted by molar-refractivity contribution is -0.530. The highest BCUT2D eigenvalue weighted by molar-refractivity contribution is 7.98. The van der Waals surface area contributed by atoms with Crippen molar-refractivity contribution in [3.63, 3.8) is 0 Å². The lowest BCUT2D eigenvalue weighted by Gasteiger charge is -2.18. The van der Waals surface area contributed by atoms with Gasteiger partial charge in [0.25, 0.3) is 0 Å². The van der Waals surface area contributed by atoms with Gasteiger partial charge in [-0.15, -0.1) is 11.8 Å². The van der Waals surface area contributed by atoms with Crippen molar-refractivity contribution in [1.82, 2.24) is 0 Å². The van der Waals surface area contributed by atoms with Gasteiger partial charge in [0, 0.05) is 31.2 Å². The summed E-state index contributed by atoms with van der Waals surface area (Å²) in [5, 5.41) is 11.6. The summed E-state index contributed by atoms with van der Waals surface area (Å²) in [4.78, 5) is 1.21. The molecule has 0 amide bonds. The first-order valence-electron chi connectivity index (χ1n) is 4.89. The molecule has 0 unspecified atom stereocenters. The molecule has 0 saturated carbocycles. The fourth-order valence-electron chi connectivity index (χ4n) is 1.02. The van der Waals surface area contributed by atoms with E-state index in [1.54, 1.807) is 18.0 Å². The van der Waals surface area contributed by atoms with Gasteiger partial charge in [-0.25, -0.2) is 4.74 Å². The first-order valence-corrected chi connectivity index (χ1v) is 6.11. The molecule has 0 aliphatic rings. The van der Waals surface area contributed by atoms with Crippen LogP contribution in [0.25, 0.3) is 0 Å². The van der Waals surface area contributed by atoms with E-state index in [2.05, 4.69) is 0 Å². The topological polar surface area (TPSA) is 26.1 Å². The number of hydroxylamine groups is 1. The first kappa shape index (κ1) is 12.1. The van der Waals surface area contributed by atoms with Crippen LogP contribution in [0.2, 0.25) is 0 Å².